The predicted molar refractivity (Wildman–Crippen MR) is 89.9 cm³/mol. The molecule has 2 aliphatic heterocycles. The number of carbonyl (C=O) groups is 2. The van der Waals surface area contributed by atoms with Gasteiger partial charge in [0.2, 0.25) is 5.91 Å². The number of alkyl halides is 5. The van der Waals surface area contributed by atoms with Crippen molar-refractivity contribution in [3.05, 3.63) is 35.1 Å². The summed E-state index contributed by atoms with van der Waals surface area (Å²) in [6, 6.07) is 1.11. The first-order valence-corrected chi connectivity index (χ1v) is 9.37. The molecule has 0 aromatic heterocycles. The van der Waals surface area contributed by atoms with Crippen LogP contribution in [0.1, 0.15) is 30.4 Å². The van der Waals surface area contributed by atoms with Crippen molar-refractivity contribution >= 4 is 12.0 Å². The maximum absolute atomic E-state index is 14.4. The van der Waals surface area contributed by atoms with Crippen LogP contribution >= 0.6 is 0 Å². The molecule has 11 heteroatoms. The third kappa shape index (κ3) is 3.69. The van der Waals surface area contributed by atoms with Gasteiger partial charge in [-0.1, -0.05) is 6.07 Å². The minimum atomic E-state index is -4.96. The monoisotopic (exact) mass is 436 g/mol. The molecule has 0 radical (unpaired) electrons. The number of nitrogens with zero attached hydrogens (tertiary/aromatic N) is 1. The molecule has 0 unspecified atom stereocenters. The molecule has 30 heavy (non-hydrogen) atoms. The highest BCUT2D eigenvalue weighted by Gasteiger charge is 2.54. The zero-order valence-electron chi connectivity index (χ0n) is 15.6. The summed E-state index contributed by atoms with van der Waals surface area (Å²) in [7, 11) is 0. The molecule has 1 saturated carbocycles. The van der Waals surface area contributed by atoms with Crippen LogP contribution in [0.5, 0.6) is 0 Å². The number of hydrogen-bond donors (Lipinski definition) is 1. The van der Waals surface area contributed by atoms with Gasteiger partial charge in [0, 0.05) is 36.9 Å². The Balaban J connectivity index is 1.30. The van der Waals surface area contributed by atoms with E-state index in [-0.39, 0.29) is 37.6 Å². The molecule has 5 nitrogen and oxygen atoms in total. The molecular weight excluding hydrogens is 418 g/mol. The summed E-state index contributed by atoms with van der Waals surface area (Å²) in [6.45, 7) is 0.405. The molecule has 1 N–H and O–H groups in total. The van der Waals surface area contributed by atoms with Crippen LogP contribution in [-0.2, 0) is 21.6 Å². The number of likely N-dealkylation sites (tertiary alicyclic amines) is 1. The van der Waals surface area contributed by atoms with Crippen LogP contribution in [0.15, 0.2) is 18.2 Å². The van der Waals surface area contributed by atoms with Crippen LogP contribution in [0.25, 0.3) is 0 Å². The van der Waals surface area contributed by atoms with E-state index in [9.17, 15) is 35.9 Å². The number of benzene rings is 1. The second-order valence-corrected chi connectivity index (χ2v) is 8.30. The highest BCUT2D eigenvalue weighted by molar-refractivity contribution is 5.82. The lowest BCUT2D eigenvalue weighted by molar-refractivity contribution is -0.150. The quantitative estimate of drug-likeness (QED) is 0.733. The fourth-order valence-corrected chi connectivity index (χ4v) is 4.36. The second kappa shape index (κ2) is 6.78. The maximum atomic E-state index is 14.4. The van der Waals surface area contributed by atoms with E-state index in [1.165, 1.54) is 4.90 Å². The highest BCUT2D eigenvalue weighted by Crippen LogP contribution is 2.44. The third-order valence-electron chi connectivity index (χ3n) is 5.98. The SMILES string of the molecule is O=C1NC2(CO1)CC(C(=O)N1CC(CC(F)(F)c3ccc(C(F)(F)F)c(F)c3)C1)C2. The van der Waals surface area contributed by atoms with Crippen molar-refractivity contribution in [1.82, 2.24) is 10.2 Å². The van der Waals surface area contributed by atoms with Crippen molar-refractivity contribution in [3.8, 4) is 0 Å². The molecule has 2 amide bonds. The topological polar surface area (TPSA) is 58.6 Å². The Morgan fingerprint density at radius 2 is 1.87 bits per heavy atom. The molecular formula is C19H18F6N2O3. The minimum absolute atomic E-state index is 0.101. The normalized spacial score (nSPS) is 26.8. The van der Waals surface area contributed by atoms with E-state index in [2.05, 4.69) is 5.32 Å². The molecule has 3 aliphatic rings. The van der Waals surface area contributed by atoms with Gasteiger partial charge >= 0.3 is 12.3 Å². The van der Waals surface area contributed by atoms with Gasteiger partial charge < -0.3 is 15.0 Å². The van der Waals surface area contributed by atoms with Crippen molar-refractivity contribution in [2.24, 2.45) is 11.8 Å². The van der Waals surface area contributed by atoms with Gasteiger partial charge in [-0.2, -0.15) is 13.2 Å². The van der Waals surface area contributed by atoms with Gasteiger partial charge in [-0.3, -0.25) is 4.79 Å². The Morgan fingerprint density at radius 3 is 2.40 bits per heavy atom. The summed E-state index contributed by atoms with van der Waals surface area (Å²) in [4.78, 5) is 25.0. The largest absolute Gasteiger partial charge is 0.447 e. The fourth-order valence-electron chi connectivity index (χ4n) is 4.36. The van der Waals surface area contributed by atoms with Gasteiger partial charge in [0.25, 0.3) is 5.92 Å². The van der Waals surface area contributed by atoms with E-state index < -0.39 is 53.0 Å². The van der Waals surface area contributed by atoms with Gasteiger partial charge in [-0.15, -0.1) is 0 Å². The molecule has 2 heterocycles. The number of halogens is 6. The zero-order chi connectivity index (χ0) is 21.9. The van der Waals surface area contributed by atoms with Crippen LogP contribution in [0.3, 0.4) is 0 Å². The average Bonchev–Trinajstić information content (AvgIpc) is 2.97. The van der Waals surface area contributed by atoms with E-state index in [4.69, 9.17) is 4.74 Å². The molecule has 1 aliphatic carbocycles. The first kappa shape index (κ1) is 20.8. The lowest BCUT2D eigenvalue weighted by Crippen LogP contribution is -2.61. The number of hydrogen-bond acceptors (Lipinski definition) is 3. The number of nitrogens with one attached hydrogen (secondary N) is 1. The number of alkyl carbamates (subject to hydrolysis) is 1. The van der Waals surface area contributed by atoms with Crippen molar-refractivity contribution in [3.63, 3.8) is 0 Å². The Kier molecular flexibility index (Phi) is 4.70. The Labute approximate surface area is 167 Å². The van der Waals surface area contributed by atoms with E-state index in [0.717, 1.165) is 0 Å². The number of amides is 2. The first-order chi connectivity index (χ1) is 13.9. The Hall–Kier alpha value is -2.46. The third-order valence-corrected chi connectivity index (χ3v) is 5.98. The average molecular weight is 436 g/mol. The first-order valence-electron chi connectivity index (χ1n) is 9.37. The van der Waals surface area contributed by atoms with Crippen LogP contribution in [0.2, 0.25) is 0 Å². The summed E-state index contributed by atoms with van der Waals surface area (Å²) in [5.74, 6) is -6.29. The summed E-state index contributed by atoms with van der Waals surface area (Å²) in [5, 5.41) is 2.67. The number of ether oxygens (including phenoxy) is 1. The predicted octanol–water partition coefficient (Wildman–Crippen LogP) is 3.67. The molecule has 0 atom stereocenters. The molecule has 0 bridgehead atoms. The zero-order valence-corrected chi connectivity index (χ0v) is 15.6. The van der Waals surface area contributed by atoms with Crippen LogP contribution in [0.4, 0.5) is 31.1 Å². The van der Waals surface area contributed by atoms with Gasteiger partial charge in [-0.25, -0.2) is 18.0 Å². The standard InChI is InChI=1S/C19H18F6N2O3/c20-14-3-12(1-2-13(14)19(23,24)25)18(21,22)4-10-7-27(8-10)15(28)11-5-17(6-11)9-30-16(29)26-17/h1-3,10-11H,4-9H2,(H,26,29). The van der Waals surface area contributed by atoms with Crippen LogP contribution in [0, 0.1) is 17.7 Å². The summed E-state index contributed by atoms with van der Waals surface area (Å²) in [5.41, 5.74) is -2.93. The fraction of sp³-hybridized carbons (Fsp3) is 0.579. The minimum Gasteiger partial charge on any atom is -0.447 e. The highest BCUT2D eigenvalue weighted by atomic mass is 19.4. The molecule has 2 saturated heterocycles. The van der Waals surface area contributed by atoms with Gasteiger partial charge in [0.15, 0.2) is 0 Å². The lowest BCUT2D eigenvalue weighted by atomic mass is 9.68. The van der Waals surface area contributed by atoms with Crippen molar-refractivity contribution in [2.45, 2.75) is 36.9 Å². The van der Waals surface area contributed by atoms with Gasteiger partial charge in [-0.05, 0) is 25.0 Å². The van der Waals surface area contributed by atoms with E-state index >= 15 is 0 Å². The van der Waals surface area contributed by atoms with E-state index in [1.807, 2.05) is 0 Å². The summed E-state index contributed by atoms with van der Waals surface area (Å²) in [6.07, 6.45) is -5.31. The van der Waals surface area contributed by atoms with Gasteiger partial charge in [0.1, 0.15) is 12.4 Å². The molecule has 3 fully saturated rings. The maximum Gasteiger partial charge on any atom is 0.419 e. The molecule has 164 valence electrons. The van der Waals surface area contributed by atoms with E-state index in [1.54, 1.807) is 0 Å². The van der Waals surface area contributed by atoms with Crippen LogP contribution in [-0.4, -0.2) is 42.1 Å². The van der Waals surface area contributed by atoms with Gasteiger partial charge in [0.05, 0.1) is 11.1 Å². The van der Waals surface area contributed by atoms with Crippen molar-refractivity contribution in [1.29, 1.82) is 0 Å². The lowest BCUT2D eigenvalue weighted by Gasteiger charge is -2.48. The summed E-state index contributed by atoms with van der Waals surface area (Å²) >= 11 is 0. The Bertz CT molecular complexity index is 876. The Morgan fingerprint density at radius 1 is 1.20 bits per heavy atom. The van der Waals surface area contributed by atoms with Crippen molar-refractivity contribution < 1.29 is 40.7 Å². The molecule has 4 rings (SSSR count). The summed E-state index contributed by atoms with van der Waals surface area (Å²) < 4.78 is 85.1. The molecule has 1 aromatic carbocycles. The molecule has 1 aromatic rings. The number of carbonyl (C=O) groups excluding carboxylic acids is 2. The van der Waals surface area contributed by atoms with E-state index in [0.29, 0.717) is 25.0 Å². The molecule has 1 spiro atoms. The van der Waals surface area contributed by atoms with Crippen LogP contribution < -0.4 is 5.32 Å². The smallest absolute Gasteiger partial charge is 0.419 e. The number of rotatable bonds is 4. The van der Waals surface area contributed by atoms with Crippen molar-refractivity contribution in [2.75, 3.05) is 19.7 Å². The number of cyclic esters (lactones) is 1. The second-order valence-electron chi connectivity index (χ2n) is 8.30.